The van der Waals surface area contributed by atoms with Crippen molar-refractivity contribution in [3.63, 3.8) is 0 Å². The summed E-state index contributed by atoms with van der Waals surface area (Å²) in [6.45, 7) is 6.84. The number of H-pyrrole nitrogens is 1. The maximum Gasteiger partial charge on any atom is 0.254 e. The van der Waals surface area contributed by atoms with Crippen LogP contribution in [0.3, 0.4) is 0 Å². The van der Waals surface area contributed by atoms with Gasteiger partial charge in [0.15, 0.2) is 0 Å². The molecule has 2 aromatic rings. The van der Waals surface area contributed by atoms with E-state index in [4.69, 9.17) is 0 Å². The second kappa shape index (κ2) is 8.26. The summed E-state index contributed by atoms with van der Waals surface area (Å²) in [5, 5.41) is 7.54. The molecule has 5 nitrogen and oxygen atoms in total. The molecule has 5 heteroatoms. The summed E-state index contributed by atoms with van der Waals surface area (Å²) in [6.07, 6.45) is 7.04. The SMILES string of the molecule is CCc1n[nH]c2c1CN(C(=O)c1cccc(CN3CCCCCC3)c1)CC2. The number of carbonyl (C=O) groups excluding carboxylic acids is 1. The van der Waals surface area contributed by atoms with Crippen LogP contribution in [0.1, 0.15) is 65.5 Å². The number of nitrogens with one attached hydrogen (secondary N) is 1. The van der Waals surface area contributed by atoms with Crippen molar-refractivity contribution in [1.29, 1.82) is 0 Å². The molecule has 1 fully saturated rings. The lowest BCUT2D eigenvalue weighted by molar-refractivity contribution is 0.0733. The number of hydrogen-bond acceptors (Lipinski definition) is 3. The normalized spacial score (nSPS) is 18.2. The fourth-order valence-electron chi connectivity index (χ4n) is 4.36. The van der Waals surface area contributed by atoms with Gasteiger partial charge in [-0.2, -0.15) is 5.10 Å². The fraction of sp³-hybridized carbons (Fsp3) is 0.545. The highest BCUT2D eigenvalue weighted by atomic mass is 16.2. The van der Waals surface area contributed by atoms with Crippen LogP contribution in [0.2, 0.25) is 0 Å². The second-order valence-electron chi connectivity index (χ2n) is 7.85. The number of fused-ring (bicyclic) bond motifs is 1. The number of amides is 1. The fourth-order valence-corrected chi connectivity index (χ4v) is 4.36. The lowest BCUT2D eigenvalue weighted by Crippen LogP contribution is -2.36. The van der Waals surface area contributed by atoms with Gasteiger partial charge in [-0.3, -0.25) is 14.8 Å². The van der Waals surface area contributed by atoms with Crippen molar-refractivity contribution in [2.75, 3.05) is 19.6 Å². The van der Waals surface area contributed by atoms with Crippen molar-refractivity contribution in [3.05, 3.63) is 52.3 Å². The number of aryl methyl sites for hydroxylation is 1. The van der Waals surface area contributed by atoms with Gasteiger partial charge in [0.1, 0.15) is 0 Å². The molecule has 1 amide bonds. The highest BCUT2D eigenvalue weighted by molar-refractivity contribution is 5.94. The molecule has 2 aliphatic rings. The third-order valence-corrected chi connectivity index (χ3v) is 5.92. The van der Waals surface area contributed by atoms with Crippen LogP contribution in [-0.2, 0) is 25.9 Å². The molecule has 0 radical (unpaired) electrons. The van der Waals surface area contributed by atoms with Gasteiger partial charge in [0.05, 0.1) is 5.69 Å². The van der Waals surface area contributed by atoms with E-state index < -0.39 is 0 Å². The Hall–Kier alpha value is -2.14. The Morgan fingerprint density at radius 1 is 1.15 bits per heavy atom. The van der Waals surface area contributed by atoms with Gasteiger partial charge >= 0.3 is 0 Å². The second-order valence-corrected chi connectivity index (χ2v) is 7.85. The Balaban J connectivity index is 1.46. The van der Waals surface area contributed by atoms with Crippen LogP contribution in [0.4, 0.5) is 0 Å². The first-order valence-corrected chi connectivity index (χ1v) is 10.4. The van der Waals surface area contributed by atoms with Crippen LogP contribution in [0, 0.1) is 0 Å². The summed E-state index contributed by atoms with van der Waals surface area (Å²) in [4.78, 5) is 17.6. The van der Waals surface area contributed by atoms with Crippen molar-refractivity contribution in [2.24, 2.45) is 0 Å². The van der Waals surface area contributed by atoms with Crippen molar-refractivity contribution in [1.82, 2.24) is 20.0 Å². The van der Waals surface area contributed by atoms with Crippen LogP contribution >= 0.6 is 0 Å². The van der Waals surface area contributed by atoms with Crippen LogP contribution in [-0.4, -0.2) is 45.5 Å². The zero-order valence-electron chi connectivity index (χ0n) is 16.3. The predicted molar refractivity (Wildman–Crippen MR) is 107 cm³/mol. The van der Waals surface area contributed by atoms with E-state index in [9.17, 15) is 4.79 Å². The van der Waals surface area contributed by atoms with Gasteiger partial charge in [0.2, 0.25) is 0 Å². The lowest BCUT2D eigenvalue weighted by Gasteiger charge is -2.27. The molecule has 1 saturated heterocycles. The van der Waals surface area contributed by atoms with E-state index in [1.807, 2.05) is 17.0 Å². The smallest absolute Gasteiger partial charge is 0.254 e. The molecule has 27 heavy (non-hydrogen) atoms. The average molecular weight is 367 g/mol. The molecule has 0 bridgehead atoms. The van der Waals surface area contributed by atoms with E-state index >= 15 is 0 Å². The number of aromatic nitrogens is 2. The number of nitrogens with zero attached hydrogens (tertiary/aromatic N) is 3. The monoisotopic (exact) mass is 366 g/mol. The Kier molecular flexibility index (Phi) is 5.58. The summed E-state index contributed by atoms with van der Waals surface area (Å²) < 4.78 is 0. The number of benzene rings is 1. The van der Waals surface area contributed by atoms with E-state index in [2.05, 4.69) is 34.2 Å². The standard InChI is InChI=1S/C22H30N4O/c1-2-20-19-16-26(13-10-21(19)24-23-20)22(27)18-9-7-8-17(14-18)15-25-11-5-3-4-6-12-25/h7-9,14H,2-6,10-13,15-16H2,1H3,(H,23,24). The highest BCUT2D eigenvalue weighted by Gasteiger charge is 2.25. The van der Waals surface area contributed by atoms with Crippen LogP contribution in [0.25, 0.3) is 0 Å². The number of carbonyl (C=O) groups is 1. The summed E-state index contributed by atoms with van der Waals surface area (Å²) >= 11 is 0. The molecular formula is C22H30N4O. The number of rotatable bonds is 4. The summed E-state index contributed by atoms with van der Waals surface area (Å²) in [5.41, 5.74) is 5.58. The predicted octanol–water partition coefficient (Wildman–Crippen LogP) is 3.55. The number of hydrogen-bond donors (Lipinski definition) is 1. The minimum absolute atomic E-state index is 0.140. The Morgan fingerprint density at radius 3 is 2.74 bits per heavy atom. The summed E-state index contributed by atoms with van der Waals surface area (Å²) in [6, 6.07) is 8.24. The summed E-state index contributed by atoms with van der Waals surface area (Å²) in [5.74, 6) is 0.140. The van der Waals surface area contributed by atoms with Gasteiger partial charge in [-0.05, 0) is 50.0 Å². The number of aromatic amines is 1. The Labute approximate surface area is 161 Å². The highest BCUT2D eigenvalue weighted by Crippen LogP contribution is 2.23. The van der Waals surface area contributed by atoms with Crippen molar-refractivity contribution in [2.45, 2.75) is 58.5 Å². The molecule has 0 aliphatic carbocycles. The zero-order valence-corrected chi connectivity index (χ0v) is 16.3. The minimum atomic E-state index is 0.140. The molecule has 3 heterocycles. The third kappa shape index (κ3) is 4.08. The van der Waals surface area contributed by atoms with Crippen molar-refractivity contribution in [3.8, 4) is 0 Å². The quantitative estimate of drug-likeness (QED) is 0.900. The first-order chi connectivity index (χ1) is 13.2. The van der Waals surface area contributed by atoms with Gasteiger partial charge in [-0.1, -0.05) is 31.9 Å². The molecule has 0 atom stereocenters. The third-order valence-electron chi connectivity index (χ3n) is 5.92. The Bertz CT molecular complexity index is 776. The van der Waals surface area contributed by atoms with E-state index in [1.165, 1.54) is 55.6 Å². The number of likely N-dealkylation sites (tertiary alicyclic amines) is 1. The van der Waals surface area contributed by atoms with Gasteiger partial charge < -0.3 is 4.90 Å². The molecule has 144 valence electrons. The molecule has 0 spiro atoms. The lowest BCUT2D eigenvalue weighted by atomic mass is 10.0. The molecule has 1 N–H and O–H groups in total. The van der Waals surface area contributed by atoms with Crippen molar-refractivity contribution < 1.29 is 4.79 Å². The van der Waals surface area contributed by atoms with Gasteiger partial charge in [-0.25, -0.2) is 0 Å². The largest absolute Gasteiger partial charge is 0.334 e. The molecule has 4 rings (SSSR count). The maximum absolute atomic E-state index is 13.1. The first kappa shape index (κ1) is 18.2. The zero-order chi connectivity index (χ0) is 18.6. The van der Waals surface area contributed by atoms with E-state index in [0.29, 0.717) is 6.54 Å². The van der Waals surface area contributed by atoms with Gasteiger partial charge in [0.25, 0.3) is 5.91 Å². The molecule has 1 aromatic heterocycles. The summed E-state index contributed by atoms with van der Waals surface area (Å²) in [7, 11) is 0. The van der Waals surface area contributed by atoms with Gasteiger partial charge in [0, 0.05) is 42.9 Å². The Morgan fingerprint density at radius 2 is 1.96 bits per heavy atom. The molecule has 2 aliphatic heterocycles. The first-order valence-electron chi connectivity index (χ1n) is 10.4. The molecule has 0 unspecified atom stereocenters. The molecule has 1 aromatic carbocycles. The van der Waals surface area contributed by atoms with Gasteiger partial charge in [-0.15, -0.1) is 0 Å². The van der Waals surface area contributed by atoms with E-state index in [0.717, 1.165) is 37.2 Å². The van der Waals surface area contributed by atoms with Crippen molar-refractivity contribution >= 4 is 5.91 Å². The molecular weight excluding hydrogens is 336 g/mol. The average Bonchev–Trinajstić information content (AvgIpc) is 2.94. The molecule has 0 saturated carbocycles. The minimum Gasteiger partial charge on any atom is -0.334 e. The maximum atomic E-state index is 13.1. The van der Waals surface area contributed by atoms with E-state index in [-0.39, 0.29) is 5.91 Å². The van der Waals surface area contributed by atoms with Crippen LogP contribution < -0.4 is 0 Å². The topological polar surface area (TPSA) is 52.2 Å². The van der Waals surface area contributed by atoms with Crippen LogP contribution in [0.15, 0.2) is 24.3 Å². The van der Waals surface area contributed by atoms with E-state index in [1.54, 1.807) is 0 Å². The van der Waals surface area contributed by atoms with Crippen LogP contribution in [0.5, 0.6) is 0 Å².